The van der Waals surface area contributed by atoms with Gasteiger partial charge in [0.2, 0.25) is 0 Å². The molecule has 4 N–H and O–H groups in total. The predicted octanol–water partition coefficient (Wildman–Crippen LogP) is 1.47. The molecule has 0 bridgehead atoms. The zero-order valence-electron chi connectivity index (χ0n) is 11.7. The average Bonchev–Trinajstić information content (AvgIpc) is 2.37. The van der Waals surface area contributed by atoms with Crippen molar-refractivity contribution in [3.63, 3.8) is 0 Å². The van der Waals surface area contributed by atoms with E-state index in [0.29, 0.717) is 25.1 Å². The number of carbonyl (C=O) groups excluding carboxylic acids is 1. The molecule has 21 heavy (non-hydrogen) atoms. The summed E-state index contributed by atoms with van der Waals surface area (Å²) in [5.74, 6) is -1.65. The first-order chi connectivity index (χ1) is 9.78. The zero-order chi connectivity index (χ0) is 15.6. The number of aliphatic hydroxyl groups is 1. The van der Waals surface area contributed by atoms with Gasteiger partial charge in [0, 0.05) is 18.3 Å². The second kappa shape index (κ2) is 5.61. The lowest BCUT2D eigenvalue weighted by Gasteiger charge is -2.36. The SMILES string of the molecule is CC1(O)CCCN(C(=O)Nc2ccc(C(=O)O)c(O)c2)C1. The van der Waals surface area contributed by atoms with Crippen LogP contribution in [0.25, 0.3) is 0 Å². The average molecular weight is 294 g/mol. The molecule has 1 aromatic carbocycles. The van der Waals surface area contributed by atoms with Gasteiger partial charge in [0.25, 0.3) is 0 Å². The molecule has 1 fully saturated rings. The van der Waals surface area contributed by atoms with E-state index in [2.05, 4.69) is 5.32 Å². The monoisotopic (exact) mass is 294 g/mol. The molecule has 0 aromatic heterocycles. The van der Waals surface area contributed by atoms with E-state index in [1.807, 2.05) is 0 Å². The number of likely N-dealkylation sites (tertiary alicyclic amines) is 1. The van der Waals surface area contributed by atoms with Crippen LogP contribution in [0.2, 0.25) is 0 Å². The molecule has 1 heterocycles. The topological polar surface area (TPSA) is 110 Å². The molecular formula is C14H18N2O5. The number of carbonyl (C=O) groups is 2. The number of hydrogen-bond donors (Lipinski definition) is 4. The maximum Gasteiger partial charge on any atom is 0.339 e. The summed E-state index contributed by atoms with van der Waals surface area (Å²) in [7, 11) is 0. The quantitative estimate of drug-likeness (QED) is 0.660. The number of amides is 2. The second-order valence-electron chi connectivity index (χ2n) is 5.49. The summed E-state index contributed by atoms with van der Waals surface area (Å²) < 4.78 is 0. The fraction of sp³-hybridized carbons (Fsp3) is 0.429. The summed E-state index contributed by atoms with van der Waals surface area (Å²) in [6, 6.07) is 3.42. The molecule has 7 heteroatoms. The van der Waals surface area contributed by atoms with Gasteiger partial charge in [-0.05, 0) is 31.9 Å². The maximum absolute atomic E-state index is 12.1. The summed E-state index contributed by atoms with van der Waals surface area (Å²) in [5.41, 5.74) is -0.827. The van der Waals surface area contributed by atoms with Crippen molar-refractivity contribution in [1.29, 1.82) is 0 Å². The van der Waals surface area contributed by atoms with Crippen molar-refractivity contribution in [3.8, 4) is 5.75 Å². The highest BCUT2D eigenvalue weighted by Gasteiger charge is 2.31. The minimum Gasteiger partial charge on any atom is -0.507 e. The van der Waals surface area contributed by atoms with Crippen molar-refractivity contribution in [2.45, 2.75) is 25.4 Å². The minimum absolute atomic E-state index is 0.228. The van der Waals surface area contributed by atoms with Crippen LogP contribution in [-0.2, 0) is 0 Å². The zero-order valence-corrected chi connectivity index (χ0v) is 11.7. The van der Waals surface area contributed by atoms with Gasteiger partial charge in [-0.2, -0.15) is 0 Å². The van der Waals surface area contributed by atoms with E-state index >= 15 is 0 Å². The number of rotatable bonds is 2. The summed E-state index contributed by atoms with van der Waals surface area (Å²) in [6.07, 6.45) is 1.36. The third-order valence-electron chi connectivity index (χ3n) is 3.44. The molecule has 0 spiro atoms. The van der Waals surface area contributed by atoms with Crippen LogP contribution in [0.4, 0.5) is 10.5 Å². The van der Waals surface area contributed by atoms with Gasteiger partial charge in [0.05, 0.1) is 12.1 Å². The number of urea groups is 1. The number of carboxylic acids is 1. The molecular weight excluding hydrogens is 276 g/mol. The van der Waals surface area contributed by atoms with E-state index in [-0.39, 0.29) is 12.1 Å². The first kappa shape index (κ1) is 15.1. The molecule has 1 aliphatic heterocycles. The van der Waals surface area contributed by atoms with Crippen LogP contribution >= 0.6 is 0 Å². The molecule has 0 saturated carbocycles. The molecule has 1 aromatic rings. The van der Waals surface area contributed by atoms with Gasteiger partial charge < -0.3 is 25.5 Å². The summed E-state index contributed by atoms with van der Waals surface area (Å²) >= 11 is 0. The fourth-order valence-electron chi connectivity index (χ4n) is 2.39. The Hall–Kier alpha value is -2.28. The molecule has 0 aliphatic carbocycles. The van der Waals surface area contributed by atoms with Crippen LogP contribution in [0.15, 0.2) is 18.2 Å². The van der Waals surface area contributed by atoms with Crippen LogP contribution in [0.1, 0.15) is 30.1 Å². The van der Waals surface area contributed by atoms with Crippen molar-refractivity contribution in [2.75, 3.05) is 18.4 Å². The number of aromatic hydroxyl groups is 1. The minimum atomic E-state index is -1.24. The van der Waals surface area contributed by atoms with Crippen molar-refractivity contribution in [1.82, 2.24) is 4.90 Å². The number of nitrogens with zero attached hydrogens (tertiary/aromatic N) is 1. The maximum atomic E-state index is 12.1. The Kier molecular flexibility index (Phi) is 4.04. The summed E-state index contributed by atoms with van der Waals surface area (Å²) in [6.45, 7) is 2.46. The predicted molar refractivity (Wildman–Crippen MR) is 75.5 cm³/mol. The van der Waals surface area contributed by atoms with Crippen molar-refractivity contribution < 1.29 is 24.9 Å². The van der Waals surface area contributed by atoms with Gasteiger partial charge in [0.1, 0.15) is 11.3 Å². The number of nitrogens with one attached hydrogen (secondary N) is 1. The lowest BCUT2D eigenvalue weighted by Crippen LogP contribution is -2.49. The number of phenols is 1. The number of anilines is 1. The highest BCUT2D eigenvalue weighted by Crippen LogP contribution is 2.24. The van der Waals surface area contributed by atoms with E-state index in [9.17, 15) is 19.8 Å². The van der Waals surface area contributed by atoms with E-state index in [1.54, 1.807) is 6.92 Å². The third kappa shape index (κ3) is 3.63. The van der Waals surface area contributed by atoms with Gasteiger partial charge >= 0.3 is 12.0 Å². The highest BCUT2D eigenvalue weighted by atomic mass is 16.4. The third-order valence-corrected chi connectivity index (χ3v) is 3.44. The van der Waals surface area contributed by atoms with Gasteiger partial charge in [0.15, 0.2) is 0 Å². The van der Waals surface area contributed by atoms with Gasteiger partial charge in [-0.1, -0.05) is 0 Å². The van der Waals surface area contributed by atoms with E-state index < -0.39 is 23.4 Å². The molecule has 1 unspecified atom stereocenters. The molecule has 2 amide bonds. The molecule has 7 nitrogen and oxygen atoms in total. The Labute approximate surface area is 121 Å². The number of piperidine rings is 1. The largest absolute Gasteiger partial charge is 0.507 e. The molecule has 114 valence electrons. The number of benzene rings is 1. The number of carboxylic acid groups (broad SMARTS) is 1. The normalized spacial score (nSPS) is 21.9. The van der Waals surface area contributed by atoms with E-state index in [4.69, 9.17) is 5.11 Å². The van der Waals surface area contributed by atoms with Crippen LogP contribution in [-0.4, -0.2) is 50.9 Å². The van der Waals surface area contributed by atoms with Crippen LogP contribution in [0, 0.1) is 0 Å². The fourth-order valence-corrected chi connectivity index (χ4v) is 2.39. The Morgan fingerprint density at radius 1 is 1.38 bits per heavy atom. The molecule has 1 aliphatic rings. The van der Waals surface area contributed by atoms with E-state index in [0.717, 1.165) is 0 Å². The highest BCUT2D eigenvalue weighted by molar-refractivity contribution is 5.94. The number of hydrogen-bond acceptors (Lipinski definition) is 4. The smallest absolute Gasteiger partial charge is 0.339 e. The molecule has 0 radical (unpaired) electrons. The second-order valence-corrected chi connectivity index (χ2v) is 5.49. The van der Waals surface area contributed by atoms with E-state index in [1.165, 1.54) is 23.1 Å². The van der Waals surface area contributed by atoms with Gasteiger partial charge in [-0.25, -0.2) is 9.59 Å². The number of aromatic carboxylic acids is 1. The summed E-state index contributed by atoms with van der Waals surface area (Å²) in [4.78, 5) is 24.4. The Balaban J connectivity index is 2.06. The standard InChI is InChI=1S/C14H18N2O5/c1-14(21)5-2-6-16(8-14)13(20)15-9-3-4-10(12(18)19)11(17)7-9/h3-4,7,17,21H,2,5-6,8H2,1H3,(H,15,20)(H,18,19). The molecule has 2 rings (SSSR count). The first-order valence-corrected chi connectivity index (χ1v) is 6.63. The summed E-state index contributed by atoms with van der Waals surface area (Å²) in [5, 5.41) is 31.0. The van der Waals surface area contributed by atoms with Crippen LogP contribution in [0.5, 0.6) is 5.75 Å². The van der Waals surface area contributed by atoms with Gasteiger partial charge in [-0.15, -0.1) is 0 Å². The number of β-amino-alcohol motifs (C(OH)–C–C–N with tert-alkyl or cyclic N) is 1. The van der Waals surface area contributed by atoms with Crippen LogP contribution < -0.4 is 5.32 Å². The lowest BCUT2D eigenvalue weighted by molar-refractivity contribution is -0.000640. The Morgan fingerprint density at radius 3 is 2.67 bits per heavy atom. The van der Waals surface area contributed by atoms with Crippen molar-refractivity contribution in [2.24, 2.45) is 0 Å². The van der Waals surface area contributed by atoms with Gasteiger partial charge in [-0.3, -0.25) is 0 Å². The molecule has 1 saturated heterocycles. The van der Waals surface area contributed by atoms with Crippen LogP contribution in [0.3, 0.4) is 0 Å². The first-order valence-electron chi connectivity index (χ1n) is 6.63. The van der Waals surface area contributed by atoms with Crippen molar-refractivity contribution >= 4 is 17.7 Å². The molecule has 1 atom stereocenters. The lowest BCUT2D eigenvalue weighted by atomic mass is 9.95. The Morgan fingerprint density at radius 2 is 2.10 bits per heavy atom. The van der Waals surface area contributed by atoms with Crippen molar-refractivity contribution in [3.05, 3.63) is 23.8 Å². The Bertz CT molecular complexity index is 570.